The van der Waals surface area contributed by atoms with Crippen LogP contribution in [0.3, 0.4) is 0 Å². The van der Waals surface area contributed by atoms with Crippen molar-refractivity contribution in [3.8, 4) is 11.5 Å². The third-order valence-corrected chi connectivity index (χ3v) is 5.31. The predicted octanol–water partition coefficient (Wildman–Crippen LogP) is 1.61. The lowest BCUT2D eigenvalue weighted by atomic mass is 9.89. The molecule has 2 aliphatic heterocycles. The third kappa shape index (κ3) is 4.39. The molecule has 1 fully saturated rings. The van der Waals surface area contributed by atoms with Gasteiger partial charge in [0.25, 0.3) is 0 Å². The SMILES string of the molecule is NC(=O)C[C@@H](C1=Cc2ccccc2OC1)c1oc(CN2CCOCC2)cc(=O)c1O. The van der Waals surface area contributed by atoms with Gasteiger partial charge in [-0.3, -0.25) is 14.5 Å². The van der Waals surface area contributed by atoms with Crippen LogP contribution in [0.15, 0.2) is 45.1 Å². The summed E-state index contributed by atoms with van der Waals surface area (Å²) < 4.78 is 17.1. The smallest absolute Gasteiger partial charge is 0.227 e. The molecule has 0 radical (unpaired) electrons. The highest BCUT2D eigenvalue weighted by Crippen LogP contribution is 2.37. The molecule has 30 heavy (non-hydrogen) atoms. The molecule has 2 aliphatic rings. The number of para-hydroxylation sites is 1. The van der Waals surface area contributed by atoms with Crippen molar-refractivity contribution in [2.45, 2.75) is 18.9 Å². The number of hydrogen-bond donors (Lipinski definition) is 2. The first-order chi connectivity index (χ1) is 14.5. The Morgan fingerprint density at radius 3 is 2.77 bits per heavy atom. The maximum absolute atomic E-state index is 12.5. The van der Waals surface area contributed by atoms with Crippen molar-refractivity contribution in [2.75, 3.05) is 32.9 Å². The predicted molar refractivity (Wildman–Crippen MR) is 109 cm³/mol. The van der Waals surface area contributed by atoms with Crippen molar-refractivity contribution in [1.29, 1.82) is 0 Å². The van der Waals surface area contributed by atoms with Gasteiger partial charge in [-0.1, -0.05) is 18.2 Å². The summed E-state index contributed by atoms with van der Waals surface area (Å²) >= 11 is 0. The largest absolute Gasteiger partial charge is 0.502 e. The van der Waals surface area contributed by atoms with Crippen LogP contribution in [0.2, 0.25) is 0 Å². The fourth-order valence-corrected chi connectivity index (χ4v) is 3.78. The summed E-state index contributed by atoms with van der Waals surface area (Å²) in [5.74, 6) is -0.591. The molecule has 0 saturated carbocycles. The number of nitrogens with two attached hydrogens (primary N) is 1. The second-order valence-corrected chi connectivity index (χ2v) is 7.45. The van der Waals surface area contributed by atoms with Crippen LogP contribution in [0, 0.1) is 0 Å². The number of aromatic hydroxyl groups is 1. The van der Waals surface area contributed by atoms with Crippen molar-refractivity contribution < 1.29 is 23.8 Å². The number of carbonyl (C=O) groups excluding carboxylic acids is 1. The Bertz CT molecular complexity index is 1020. The number of fused-ring (bicyclic) bond motifs is 1. The topological polar surface area (TPSA) is 115 Å². The Hall–Kier alpha value is -3.10. The lowest BCUT2D eigenvalue weighted by Gasteiger charge is -2.27. The Morgan fingerprint density at radius 2 is 2.00 bits per heavy atom. The molecule has 1 aromatic carbocycles. The summed E-state index contributed by atoms with van der Waals surface area (Å²) in [6, 6.07) is 8.79. The lowest BCUT2D eigenvalue weighted by molar-refractivity contribution is -0.118. The van der Waals surface area contributed by atoms with E-state index in [1.54, 1.807) is 0 Å². The molecule has 0 unspecified atom stereocenters. The van der Waals surface area contributed by atoms with E-state index in [-0.39, 0.29) is 18.8 Å². The summed E-state index contributed by atoms with van der Waals surface area (Å²) in [5.41, 5.74) is 6.48. The molecular weight excluding hydrogens is 388 g/mol. The van der Waals surface area contributed by atoms with Crippen LogP contribution in [0.5, 0.6) is 11.5 Å². The molecule has 1 saturated heterocycles. The summed E-state index contributed by atoms with van der Waals surface area (Å²) in [6.07, 6.45) is 1.77. The Morgan fingerprint density at radius 1 is 1.23 bits per heavy atom. The standard InChI is InChI=1S/C22H24N2O6/c23-20(26)11-17(15-9-14-3-1-2-4-19(14)29-13-15)22-21(27)18(25)10-16(30-22)12-24-5-7-28-8-6-24/h1-4,9-10,17,27H,5-8,11-13H2,(H2,23,26)/t17-/m0/s1. The van der Waals surface area contributed by atoms with Gasteiger partial charge in [-0.2, -0.15) is 0 Å². The Labute approximate surface area is 173 Å². The van der Waals surface area contributed by atoms with Crippen LogP contribution in [-0.4, -0.2) is 48.8 Å². The highest BCUT2D eigenvalue weighted by molar-refractivity contribution is 5.76. The molecule has 1 amide bonds. The highest BCUT2D eigenvalue weighted by Gasteiger charge is 2.29. The van der Waals surface area contributed by atoms with Gasteiger partial charge in [0.1, 0.15) is 18.1 Å². The molecule has 158 valence electrons. The number of morpholine rings is 1. The molecule has 8 nitrogen and oxygen atoms in total. The van der Waals surface area contributed by atoms with Crippen molar-refractivity contribution in [2.24, 2.45) is 5.73 Å². The van der Waals surface area contributed by atoms with Gasteiger partial charge in [-0.25, -0.2) is 0 Å². The molecule has 1 aromatic heterocycles. The zero-order valence-electron chi connectivity index (χ0n) is 16.5. The number of rotatable bonds is 6. The zero-order valence-corrected chi connectivity index (χ0v) is 16.5. The fourth-order valence-electron chi connectivity index (χ4n) is 3.78. The number of hydrogen-bond acceptors (Lipinski definition) is 7. The molecule has 4 rings (SSSR count). The van der Waals surface area contributed by atoms with Crippen molar-refractivity contribution in [1.82, 2.24) is 4.90 Å². The Balaban J connectivity index is 1.71. The minimum Gasteiger partial charge on any atom is -0.502 e. The van der Waals surface area contributed by atoms with Gasteiger partial charge in [0.15, 0.2) is 5.76 Å². The van der Waals surface area contributed by atoms with E-state index in [2.05, 4.69) is 4.90 Å². The first kappa shape index (κ1) is 20.2. The first-order valence-corrected chi connectivity index (χ1v) is 9.88. The summed E-state index contributed by atoms with van der Waals surface area (Å²) in [7, 11) is 0. The van der Waals surface area contributed by atoms with E-state index in [9.17, 15) is 14.7 Å². The molecule has 8 heteroatoms. The quantitative estimate of drug-likeness (QED) is 0.741. The van der Waals surface area contributed by atoms with Crippen LogP contribution in [0.25, 0.3) is 6.08 Å². The van der Waals surface area contributed by atoms with Gasteiger partial charge in [0.2, 0.25) is 17.1 Å². The second-order valence-electron chi connectivity index (χ2n) is 7.45. The zero-order chi connectivity index (χ0) is 21.1. The van der Waals surface area contributed by atoms with Gasteiger partial charge >= 0.3 is 0 Å². The second kappa shape index (κ2) is 8.73. The van der Waals surface area contributed by atoms with Gasteiger partial charge in [-0.15, -0.1) is 0 Å². The molecule has 1 atom stereocenters. The number of carbonyl (C=O) groups is 1. The van der Waals surface area contributed by atoms with Crippen LogP contribution in [0.1, 0.15) is 29.4 Å². The van der Waals surface area contributed by atoms with E-state index in [1.165, 1.54) is 6.07 Å². The maximum Gasteiger partial charge on any atom is 0.227 e. The van der Waals surface area contributed by atoms with Gasteiger partial charge in [0, 0.05) is 31.1 Å². The monoisotopic (exact) mass is 412 g/mol. The number of benzene rings is 1. The summed E-state index contributed by atoms with van der Waals surface area (Å²) in [5, 5.41) is 10.5. The third-order valence-electron chi connectivity index (χ3n) is 5.31. The van der Waals surface area contributed by atoms with Gasteiger partial charge in [0.05, 0.1) is 25.7 Å². The number of nitrogens with zero attached hydrogens (tertiary/aromatic N) is 1. The summed E-state index contributed by atoms with van der Waals surface area (Å²) in [4.78, 5) is 26.4. The Kier molecular flexibility index (Phi) is 5.87. The fraction of sp³-hybridized carbons (Fsp3) is 0.364. The van der Waals surface area contributed by atoms with Gasteiger partial charge < -0.3 is 24.7 Å². The first-order valence-electron chi connectivity index (χ1n) is 9.88. The average Bonchev–Trinajstić information content (AvgIpc) is 2.75. The normalized spacial score (nSPS) is 17.5. The van der Waals surface area contributed by atoms with E-state index < -0.39 is 23.0 Å². The molecule has 0 bridgehead atoms. The van der Waals surface area contributed by atoms with E-state index >= 15 is 0 Å². The number of ether oxygens (including phenoxy) is 2. The van der Waals surface area contributed by atoms with Crippen molar-refractivity contribution in [3.05, 3.63) is 63.2 Å². The maximum atomic E-state index is 12.5. The van der Waals surface area contributed by atoms with Crippen molar-refractivity contribution in [3.63, 3.8) is 0 Å². The lowest BCUT2D eigenvalue weighted by Crippen LogP contribution is -2.35. The minimum atomic E-state index is -0.701. The molecule has 3 heterocycles. The van der Waals surface area contributed by atoms with Crippen LogP contribution in [-0.2, 0) is 16.1 Å². The molecular formula is C22H24N2O6. The van der Waals surface area contributed by atoms with Crippen LogP contribution >= 0.6 is 0 Å². The van der Waals surface area contributed by atoms with E-state index in [0.29, 0.717) is 31.1 Å². The molecule has 3 N–H and O–H groups in total. The minimum absolute atomic E-state index is 0.0405. The highest BCUT2D eigenvalue weighted by atomic mass is 16.5. The van der Waals surface area contributed by atoms with Crippen molar-refractivity contribution >= 4 is 12.0 Å². The molecule has 0 aliphatic carbocycles. The van der Waals surface area contributed by atoms with Gasteiger partial charge in [-0.05, 0) is 17.7 Å². The van der Waals surface area contributed by atoms with E-state index in [1.807, 2.05) is 30.3 Å². The average molecular weight is 412 g/mol. The van der Waals surface area contributed by atoms with Crippen LogP contribution in [0.4, 0.5) is 0 Å². The van der Waals surface area contributed by atoms with E-state index in [0.717, 1.165) is 24.4 Å². The summed E-state index contributed by atoms with van der Waals surface area (Å²) in [6.45, 7) is 3.28. The van der Waals surface area contributed by atoms with Crippen LogP contribution < -0.4 is 15.9 Å². The number of primary amides is 1. The van der Waals surface area contributed by atoms with E-state index in [4.69, 9.17) is 19.6 Å². The number of amides is 1. The molecule has 2 aromatic rings. The molecule has 0 spiro atoms.